The number of H-pyrrole nitrogens is 1. The fraction of sp³-hybridized carbons (Fsp3) is 0.174. The summed E-state index contributed by atoms with van der Waals surface area (Å²) in [6.45, 7) is 5.85. The number of nitrogens with zero attached hydrogens (tertiary/aromatic N) is 3. The summed E-state index contributed by atoms with van der Waals surface area (Å²) < 4.78 is 0. The summed E-state index contributed by atoms with van der Waals surface area (Å²) in [7, 11) is 0. The highest BCUT2D eigenvalue weighted by Gasteiger charge is 2.12. The van der Waals surface area contributed by atoms with Crippen molar-refractivity contribution in [3.05, 3.63) is 89.5 Å². The Labute approximate surface area is 170 Å². The van der Waals surface area contributed by atoms with Gasteiger partial charge in [-0.25, -0.2) is 9.97 Å². The first-order chi connectivity index (χ1) is 14.2. The van der Waals surface area contributed by atoms with Gasteiger partial charge in [-0.15, -0.1) is 0 Å². The Hall–Kier alpha value is -3.51. The van der Waals surface area contributed by atoms with Gasteiger partial charge in [0, 0.05) is 42.3 Å². The second kappa shape index (κ2) is 8.67. The second-order valence-electron chi connectivity index (χ2n) is 6.94. The molecule has 0 spiro atoms. The molecule has 0 atom stereocenters. The summed E-state index contributed by atoms with van der Waals surface area (Å²) in [6.07, 6.45) is 13.6. The average molecular weight is 384 g/mol. The van der Waals surface area contributed by atoms with E-state index in [4.69, 9.17) is 0 Å². The Bertz CT molecular complexity index is 1080. The molecule has 146 valence electrons. The van der Waals surface area contributed by atoms with Gasteiger partial charge in [0.25, 0.3) is 0 Å². The maximum Gasteiger partial charge on any atom is 0.161 e. The van der Waals surface area contributed by atoms with E-state index in [2.05, 4.69) is 61.2 Å². The van der Waals surface area contributed by atoms with E-state index in [1.807, 2.05) is 44.5 Å². The number of fused-ring (bicyclic) bond motifs is 1. The normalized spacial score (nSPS) is 14.4. The van der Waals surface area contributed by atoms with Crippen LogP contribution in [0.4, 0.5) is 5.82 Å². The van der Waals surface area contributed by atoms with Gasteiger partial charge in [0.05, 0.1) is 6.20 Å². The lowest BCUT2D eigenvalue weighted by atomic mass is 10.1. The van der Waals surface area contributed by atoms with Gasteiger partial charge >= 0.3 is 0 Å². The van der Waals surface area contributed by atoms with E-state index in [0.717, 1.165) is 47.1 Å². The van der Waals surface area contributed by atoms with Gasteiger partial charge < -0.3 is 10.6 Å². The Morgan fingerprint density at radius 1 is 1.14 bits per heavy atom. The average Bonchev–Trinajstić information content (AvgIpc) is 3.42. The smallest absolute Gasteiger partial charge is 0.161 e. The topological polar surface area (TPSA) is 78.5 Å². The Balaban J connectivity index is 1.53. The molecule has 0 bridgehead atoms. The number of allylic oxidation sites excluding steroid dienone is 6. The number of aromatic nitrogens is 4. The number of aromatic amines is 1. The van der Waals surface area contributed by atoms with Crippen molar-refractivity contribution in [2.45, 2.75) is 26.9 Å². The molecule has 3 N–H and O–H groups in total. The number of hydrogen-bond donors (Lipinski definition) is 3. The molecule has 4 rings (SSSR count). The molecule has 0 amide bonds. The zero-order valence-electron chi connectivity index (χ0n) is 16.6. The Morgan fingerprint density at radius 3 is 2.86 bits per heavy atom. The Morgan fingerprint density at radius 2 is 2.03 bits per heavy atom. The summed E-state index contributed by atoms with van der Waals surface area (Å²) in [5.74, 6) is 1.49. The maximum absolute atomic E-state index is 4.69. The molecule has 1 aliphatic rings. The van der Waals surface area contributed by atoms with Crippen molar-refractivity contribution >= 4 is 11.4 Å². The zero-order valence-corrected chi connectivity index (χ0v) is 16.6. The SMILES string of the molecule is C\C=C/C(=C\C=C(/C)Nc1ccnc(-c2ccc3c(c2)CNC3)n1)c1cn[nH]c1. The third-order valence-corrected chi connectivity index (χ3v) is 4.77. The van der Waals surface area contributed by atoms with Crippen LogP contribution < -0.4 is 10.6 Å². The molecule has 0 aliphatic carbocycles. The number of benzene rings is 1. The molecule has 6 heteroatoms. The minimum absolute atomic E-state index is 0.723. The fourth-order valence-corrected chi connectivity index (χ4v) is 3.30. The zero-order chi connectivity index (χ0) is 20.1. The van der Waals surface area contributed by atoms with Gasteiger partial charge in [0.15, 0.2) is 5.82 Å². The monoisotopic (exact) mass is 384 g/mol. The molecule has 1 aliphatic heterocycles. The van der Waals surface area contributed by atoms with Gasteiger partial charge in [0.2, 0.25) is 0 Å². The first-order valence-corrected chi connectivity index (χ1v) is 9.66. The molecule has 1 aromatic carbocycles. The molecule has 0 radical (unpaired) electrons. The molecule has 0 saturated heterocycles. The number of anilines is 1. The van der Waals surface area contributed by atoms with Gasteiger partial charge in [-0.2, -0.15) is 5.10 Å². The summed E-state index contributed by atoms with van der Waals surface area (Å²) >= 11 is 0. The lowest BCUT2D eigenvalue weighted by Gasteiger charge is -2.08. The minimum atomic E-state index is 0.723. The van der Waals surface area contributed by atoms with E-state index < -0.39 is 0 Å². The number of rotatable bonds is 6. The van der Waals surface area contributed by atoms with Crippen LogP contribution >= 0.6 is 0 Å². The maximum atomic E-state index is 4.69. The van der Waals surface area contributed by atoms with Gasteiger partial charge in [-0.1, -0.05) is 30.4 Å². The summed E-state index contributed by atoms with van der Waals surface area (Å²) in [4.78, 5) is 9.14. The third-order valence-electron chi connectivity index (χ3n) is 4.77. The first-order valence-electron chi connectivity index (χ1n) is 9.66. The first kappa shape index (κ1) is 18.8. The van der Waals surface area contributed by atoms with Crippen LogP contribution in [0.5, 0.6) is 0 Å². The Kier molecular flexibility index (Phi) is 5.63. The lowest BCUT2D eigenvalue weighted by molar-refractivity contribution is 0.765. The lowest BCUT2D eigenvalue weighted by Crippen LogP contribution is -2.00. The van der Waals surface area contributed by atoms with Crippen LogP contribution in [0.2, 0.25) is 0 Å². The van der Waals surface area contributed by atoms with E-state index in [-0.39, 0.29) is 0 Å². The van der Waals surface area contributed by atoms with Crippen molar-refractivity contribution in [1.82, 2.24) is 25.5 Å². The molecular formula is C23H24N6. The quantitative estimate of drug-likeness (QED) is 0.548. The minimum Gasteiger partial charge on any atom is -0.344 e. The van der Waals surface area contributed by atoms with Crippen LogP contribution in [-0.2, 0) is 13.1 Å². The van der Waals surface area contributed by atoms with E-state index in [0.29, 0.717) is 0 Å². The van der Waals surface area contributed by atoms with Gasteiger partial charge in [0.1, 0.15) is 5.82 Å². The van der Waals surface area contributed by atoms with Crippen molar-refractivity contribution in [3.63, 3.8) is 0 Å². The summed E-state index contributed by atoms with van der Waals surface area (Å²) in [6, 6.07) is 8.30. The van der Waals surface area contributed by atoms with E-state index in [1.54, 1.807) is 6.20 Å². The largest absolute Gasteiger partial charge is 0.344 e. The second-order valence-corrected chi connectivity index (χ2v) is 6.94. The molecular weight excluding hydrogens is 360 g/mol. The molecule has 2 aromatic heterocycles. The summed E-state index contributed by atoms with van der Waals surface area (Å²) in [5.41, 5.74) is 6.82. The summed E-state index contributed by atoms with van der Waals surface area (Å²) in [5, 5.41) is 13.6. The van der Waals surface area contributed by atoms with Crippen LogP contribution in [0, 0.1) is 0 Å². The highest BCUT2D eigenvalue weighted by Crippen LogP contribution is 2.23. The predicted octanol–water partition coefficient (Wildman–Crippen LogP) is 4.45. The van der Waals surface area contributed by atoms with Crippen LogP contribution in [-0.4, -0.2) is 20.2 Å². The van der Waals surface area contributed by atoms with Gasteiger partial charge in [-0.05, 0) is 48.8 Å². The van der Waals surface area contributed by atoms with E-state index in [1.165, 1.54) is 11.1 Å². The molecule has 3 aromatic rings. The highest BCUT2D eigenvalue weighted by molar-refractivity contribution is 5.74. The van der Waals surface area contributed by atoms with Crippen LogP contribution in [0.25, 0.3) is 17.0 Å². The van der Waals surface area contributed by atoms with Crippen molar-refractivity contribution in [2.75, 3.05) is 5.32 Å². The molecule has 0 fully saturated rings. The fourth-order valence-electron chi connectivity index (χ4n) is 3.30. The third kappa shape index (κ3) is 4.50. The highest BCUT2D eigenvalue weighted by atomic mass is 15.1. The molecule has 3 heterocycles. The van der Waals surface area contributed by atoms with Crippen molar-refractivity contribution in [2.24, 2.45) is 0 Å². The van der Waals surface area contributed by atoms with Crippen LogP contribution in [0.3, 0.4) is 0 Å². The van der Waals surface area contributed by atoms with Crippen molar-refractivity contribution in [1.29, 1.82) is 0 Å². The van der Waals surface area contributed by atoms with E-state index in [9.17, 15) is 0 Å². The number of hydrogen-bond acceptors (Lipinski definition) is 5. The van der Waals surface area contributed by atoms with Crippen LogP contribution in [0.15, 0.2) is 72.9 Å². The van der Waals surface area contributed by atoms with E-state index >= 15 is 0 Å². The predicted molar refractivity (Wildman–Crippen MR) is 117 cm³/mol. The van der Waals surface area contributed by atoms with Gasteiger partial charge in [-0.3, -0.25) is 5.10 Å². The standard InChI is InChI=1S/C23H24N6/c1-3-4-17(21-14-26-27-15-21)6-5-16(2)28-22-9-10-25-23(29-22)18-7-8-19-12-24-13-20(19)11-18/h3-11,14-15,24H,12-13H2,1-2H3,(H,26,27)(H,25,28,29)/b4-3-,16-5+,17-6+. The molecule has 0 saturated carbocycles. The molecule has 6 nitrogen and oxygen atoms in total. The van der Waals surface area contributed by atoms with Crippen molar-refractivity contribution in [3.8, 4) is 11.4 Å². The molecule has 29 heavy (non-hydrogen) atoms. The van der Waals surface area contributed by atoms with Crippen LogP contribution in [0.1, 0.15) is 30.5 Å². The van der Waals surface area contributed by atoms with Crippen molar-refractivity contribution < 1.29 is 0 Å². The molecule has 0 unspecified atom stereocenters. The number of nitrogens with one attached hydrogen (secondary N) is 3.